The van der Waals surface area contributed by atoms with E-state index in [-0.39, 0.29) is 5.37 Å². The van der Waals surface area contributed by atoms with Crippen molar-refractivity contribution >= 4 is 25.5 Å². The Morgan fingerprint density at radius 2 is 1.82 bits per heavy atom. The normalized spacial score (nSPS) is 17.3. The molecule has 1 unspecified atom stereocenters. The van der Waals surface area contributed by atoms with E-state index in [2.05, 4.69) is 17.4 Å². The molecule has 0 saturated heterocycles. The second kappa shape index (κ2) is 4.38. The summed E-state index contributed by atoms with van der Waals surface area (Å²) in [5.74, 6) is 0.713. The fourth-order valence-electron chi connectivity index (χ4n) is 1.93. The predicted octanol–water partition coefficient (Wildman–Crippen LogP) is 3.37. The first-order chi connectivity index (χ1) is 8.38. The van der Waals surface area contributed by atoms with Crippen molar-refractivity contribution in [1.82, 2.24) is 0 Å². The van der Waals surface area contributed by atoms with Gasteiger partial charge in [0.25, 0.3) is 0 Å². The molecule has 2 nitrogen and oxygen atoms in total. The fourth-order valence-corrected chi connectivity index (χ4v) is 3.10. The van der Waals surface area contributed by atoms with Gasteiger partial charge in [0.15, 0.2) is 0 Å². The van der Waals surface area contributed by atoms with Gasteiger partial charge in [0.2, 0.25) is 0 Å². The van der Waals surface area contributed by atoms with Crippen LogP contribution >= 0.6 is 11.8 Å². The van der Waals surface area contributed by atoms with Gasteiger partial charge >= 0.3 is 8.05 Å². The van der Waals surface area contributed by atoms with Crippen LogP contribution in [0.1, 0.15) is 10.9 Å². The molecule has 0 amide bonds. The molecule has 4 heteroatoms. The Hall–Kier alpha value is -1.55. The molecule has 82 valence electrons. The van der Waals surface area contributed by atoms with Gasteiger partial charge in [-0.2, -0.15) is 0 Å². The number of para-hydroxylation sites is 2. The third-order valence-electron chi connectivity index (χ3n) is 2.75. The van der Waals surface area contributed by atoms with E-state index < -0.39 is 0 Å². The van der Waals surface area contributed by atoms with E-state index in [1.807, 2.05) is 36.4 Å². The topological polar surface area (TPSA) is 21.3 Å². The Balaban J connectivity index is 1.94. The van der Waals surface area contributed by atoms with E-state index in [4.69, 9.17) is 12.7 Å². The van der Waals surface area contributed by atoms with Crippen LogP contribution in [0.15, 0.2) is 53.4 Å². The molecule has 2 aromatic carbocycles. The molecule has 2 radical (unpaired) electrons. The van der Waals surface area contributed by atoms with Crippen LogP contribution in [0, 0.1) is 0 Å². The lowest BCUT2D eigenvalue weighted by Gasteiger charge is -2.14. The van der Waals surface area contributed by atoms with Crippen LogP contribution in [0.25, 0.3) is 0 Å². The third kappa shape index (κ3) is 1.89. The lowest BCUT2D eigenvalue weighted by atomic mass is 10.2. The zero-order valence-corrected chi connectivity index (χ0v) is 9.91. The number of fused-ring (bicyclic) bond motifs is 1. The zero-order chi connectivity index (χ0) is 11.7. The lowest BCUT2D eigenvalue weighted by molar-refractivity contribution is 0.606. The Kier molecular flexibility index (Phi) is 2.73. The maximum Gasteiger partial charge on any atom is 0.374 e. The highest BCUT2D eigenvalue weighted by Gasteiger charge is 2.24. The lowest BCUT2D eigenvalue weighted by Crippen LogP contribution is -2.03. The molecule has 1 N–H and O–H groups in total. The average Bonchev–Trinajstić information content (AvgIpc) is 2.82. The molecule has 1 heterocycles. The van der Waals surface area contributed by atoms with Gasteiger partial charge in [-0.05, 0) is 18.2 Å². The van der Waals surface area contributed by atoms with Crippen LogP contribution in [0.5, 0.6) is 5.75 Å². The monoisotopic (exact) mass is 239 g/mol. The summed E-state index contributed by atoms with van der Waals surface area (Å²) in [4.78, 5) is 1.25. The van der Waals surface area contributed by atoms with E-state index in [0.29, 0.717) is 5.75 Å². The largest absolute Gasteiger partial charge is 0.568 e. The molecule has 2 aromatic rings. The first kappa shape index (κ1) is 10.6. The molecule has 1 aliphatic heterocycles. The van der Waals surface area contributed by atoms with Crippen LogP contribution in [0.2, 0.25) is 0 Å². The van der Waals surface area contributed by atoms with Crippen molar-refractivity contribution in [3.8, 4) is 5.75 Å². The molecule has 0 aromatic heterocycles. The van der Waals surface area contributed by atoms with E-state index in [0.717, 1.165) is 11.3 Å². The molecule has 0 aliphatic carbocycles. The van der Waals surface area contributed by atoms with Gasteiger partial charge in [0.05, 0.1) is 0 Å². The molecule has 0 saturated carbocycles. The minimum Gasteiger partial charge on any atom is -0.568 e. The Bertz CT molecular complexity index is 521. The number of rotatable bonds is 2. The summed E-state index contributed by atoms with van der Waals surface area (Å²) < 4.78 is 4.90. The predicted molar refractivity (Wildman–Crippen MR) is 71.5 cm³/mol. The van der Waals surface area contributed by atoms with Crippen molar-refractivity contribution in [1.29, 1.82) is 0 Å². The van der Waals surface area contributed by atoms with Gasteiger partial charge in [0, 0.05) is 16.1 Å². The first-order valence-corrected chi connectivity index (χ1v) is 6.24. The average molecular weight is 239 g/mol. The van der Waals surface area contributed by atoms with Gasteiger partial charge in [-0.1, -0.05) is 42.1 Å². The van der Waals surface area contributed by atoms with E-state index in [1.54, 1.807) is 11.8 Å². The Labute approximate surface area is 106 Å². The van der Waals surface area contributed by atoms with E-state index in [9.17, 15) is 0 Å². The summed E-state index contributed by atoms with van der Waals surface area (Å²) in [6, 6.07) is 16.1. The molecule has 0 spiro atoms. The number of anilines is 1. The third-order valence-corrected chi connectivity index (χ3v) is 3.96. The molecule has 1 aliphatic rings. The second-order valence-corrected chi connectivity index (χ2v) is 4.94. The highest BCUT2D eigenvalue weighted by Crippen LogP contribution is 2.48. The maximum atomic E-state index is 5.29. The maximum absolute atomic E-state index is 5.29. The summed E-state index contributed by atoms with van der Waals surface area (Å²) in [7, 11) is 5.29. The highest BCUT2D eigenvalue weighted by molar-refractivity contribution is 8.00. The zero-order valence-electron chi connectivity index (χ0n) is 9.09. The molecule has 17 heavy (non-hydrogen) atoms. The van der Waals surface area contributed by atoms with Crippen LogP contribution < -0.4 is 9.97 Å². The van der Waals surface area contributed by atoms with Gasteiger partial charge in [-0.3, -0.25) is 0 Å². The number of thioether (sulfide) groups is 1. The quantitative estimate of drug-likeness (QED) is 0.812. The van der Waals surface area contributed by atoms with Crippen molar-refractivity contribution in [2.45, 2.75) is 10.3 Å². The molecule has 0 fully saturated rings. The van der Waals surface area contributed by atoms with Crippen molar-refractivity contribution < 1.29 is 4.65 Å². The van der Waals surface area contributed by atoms with Gasteiger partial charge < -0.3 is 9.97 Å². The second-order valence-electron chi connectivity index (χ2n) is 3.79. The van der Waals surface area contributed by atoms with E-state index in [1.165, 1.54) is 4.90 Å². The summed E-state index contributed by atoms with van der Waals surface area (Å²) in [6.45, 7) is 0. The molecule has 1 atom stereocenters. The molecule has 0 bridgehead atoms. The van der Waals surface area contributed by atoms with Gasteiger partial charge in [-0.25, -0.2) is 0 Å². The van der Waals surface area contributed by atoms with Crippen molar-refractivity contribution in [2.75, 3.05) is 5.32 Å². The Morgan fingerprint density at radius 1 is 1.06 bits per heavy atom. The van der Waals surface area contributed by atoms with E-state index >= 15 is 0 Å². The summed E-state index contributed by atoms with van der Waals surface area (Å²) in [5.41, 5.74) is 2.23. The van der Waals surface area contributed by atoms with Crippen LogP contribution in [0.3, 0.4) is 0 Å². The SMILES string of the molecule is [B]Oc1ccccc1C1Nc2ccccc2S1. The van der Waals surface area contributed by atoms with Gasteiger partial charge in [0.1, 0.15) is 11.1 Å². The van der Waals surface area contributed by atoms with Gasteiger partial charge in [-0.15, -0.1) is 0 Å². The van der Waals surface area contributed by atoms with Crippen molar-refractivity contribution in [2.24, 2.45) is 0 Å². The number of benzene rings is 2. The highest BCUT2D eigenvalue weighted by atomic mass is 32.2. The Morgan fingerprint density at radius 3 is 2.65 bits per heavy atom. The van der Waals surface area contributed by atoms with Crippen molar-refractivity contribution in [3.05, 3.63) is 54.1 Å². The standard InChI is InChI=1S/C13H10BNOS/c14-16-11-7-3-1-5-9(11)13-15-10-6-2-4-8-12(10)17-13/h1-8,13,15H. The number of hydrogen-bond acceptors (Lipinski definition) is 3. The summed E-state index contributed by atoms with van der Waals surface area (Å²) in [6.07, 6.45) is 0. The molecular formula is C13H10BNOS. The minimum absolute atomic E-state index is 0.159. The number of nitrogens with one attached hydrogen (secondary N) is 1. The molecule has 3 rings (SSSR count). The summed E-state index contributed by atoms with van der Waals surface area (Å²) in [5, 5.41) is 3.61. The molecular weight excluding hydrogens is 229 g/mol. The smallest absolute Gasteiger partial charge is 0.374 e. The fraction of sp³-hybridized carbons (Fsp3) is 0.0769. The number of hydrogen-bond donors (Lipinski definition) is 1. The summed E-state index contributed by atoms with van der Waals surface area (Å²) >= 11 is 1.77. The minimum atomic E-state index is 0.159. The first-order valence-electron chi connectivity index (χ1n) is 5.36. The van der Waals surface area contributed by atoms with Crippen molar-refractivity contribution in [3.63, 3.8) is 0 Å². The van der Waals surface area contributed by atoms with Crippen LogP contribution in [-0.4, -0.2) is 8.05 Å². The van der Waals surface area contributed by atoms with Crippen LogP contribution in [-0.2, 0) is 0 Å². The van der Waals surface area contributed by atoms with Crippen LogP contribution in [0.4, 0.5) is 5.69 Å².